The van der Waals surface area contributed by atoms with Crippen molar-refractivity contribution in [2.75, 3.05) is 17.7 Å². The van der Waals surface area contributed by atoms with Crippen molar-refractivity contribution in [1.29, 1.82) is 0 Å². The Morgan fingerprint density at radius 2 is 1.82 bits per heavy atom. The minimum Gasteiger partial charge on any atom is -0.495 e. The lowest BCUT2D eigenvalue weighted by Crippen LogP contribution is -2.31. The maximum atomic E-state index is 13.4. The zero-order chi connectivity index (χ0) is 23.5. The first-order chi connectivity index (χ1) is 15.9. The lowest BCUT2D eigenvalue weighted by Gasteiger charge is -2.15. The van der Waals surface area contributed by atoms with Crippen LogP contribution in [0.15, 0.2) is 71.0 Å². The van der Waals surface area contributed by atoms with Gasteiger partial charge in [-0.05, 0) is 54.4 Å². The number of hydrogen-bond donors (Lipinski definition) is 2. The molecule has 8 heteroatoms. The van der Waals surface area contributed by atoms with Gasteiger partial charge in [0.1, 0.15) is 17.2 Å². The number of carbonyl (C=O) groups excluding carboxylic acids is 3. The van der Waals surface area contributed by atoms with Crippen LogP contribution in [-0.2, 0) is 20.9 Å². The predicted octanol–water partition coefficient (Wildman–Crippen LogP) is 3.95. The zero-order valence-electron chi connectivity index (χ0n) is 18.5. The van der Waals surface area contributed by atoms with Crippen LogP contribution in [0.2, 0.25) is 0 Å². The van der Waals surface area contributed by atoms with Crippen molar-refractivity contribution in [2.24, 2.45) is 0 Å². The molecule has 1 aliphatic rings. The summed E-state index contributed by atoms with van der Waals surface area (Å²) in [6, 6.07) is 15.7. The molecule has 0 atom stereocenters. The molecule has 3 amide bonds. The molecule has 4 rings (SSSR count). The molecule has 2 N–H and O–H groups in total. The Bertz CT molecular complexity index is 1240. The monoisotopic (exact) mass is 445 g/mol. The van der Waals surface area contributed by atoms with Crippen molar-refractivity contribution in [3.63, 3.8) is 0 Å². The number of nitrogens with zero attached hydrogens (tertiary/aromatic N) is 1. The molecule has 0 spiro atoms. The lowest BCUT2D eigenvalue weighted by molar-refractivity contribution is -0.137. The van der Waals surface area contributed by atoms with Crippen LogP contribution in [-0.4, -0.2) is 29.7 Å². The number of nitrogens with one attached hydrogen (secondary N) is 2. The molecule has 33 heavy (non-hydrogen) atoms. The summed E-state index contributed by atoms with van der Waals surface area (Å²) in [5, 5.41) is 5.82. The largest absolute Gasteiger partial charge is 0.495 e. The minimum absolute atomic E-state index is 0.00821. The summed E-state index contributed by atoms with van der Waals surface area (Å²) in [6.07, 6.45) is 1.49. The van der Waals surface area contributed by atoms with Crippen LogP contribution in [0.5, 0.6) is 5.75 Å². The van der Waals surface area contributed by atoms with Crippen LogP contribution in [0.25, 0.3) is 5.57 Å². The summed E-state index contributed by atoms with van der Waals surface area (Å²) >= 11 is 0. The van der Waals surface area contributed by atoms with E-state index < -0.39 is 11.8 Å². The van der Waals surface area contributed by atoms with Gasteiger partial charge in [0.15, 0.2) is 0 Å². The van der Waals surface area contributed by atoms with Gasteiger partial charge in [-0.3, -0.25) is 19.3 Å². The number of ether oxygens (including phenoxy) is 1. The van der Waals surface area contributed by atoms with Crippen molar-refractivity contribution in [3.05, 3.63) is 83.4 Å². The summed E-state index contributed by atoms with van der Waals surface area (Å²) in [6.45, 7) is 3.35. The molecule has 1 aliphatic heterocycles. The molecule has 0 bridgehead atoms. The number of carbonyl (C=O) groups is 3. The van der Waals surface area contributed by atoms with E-state index in [1.807, 2.05) is 19.1 Å². The highest BCUT2D eigenvalue weighted by Gasteiger charge is 2.40. The van der Waals surface area contributed by atoms with E-state index in [0.29, 0.717) is 28.4 Å². The Labute approximate surface area is 190 Å². The molecule has 2 heterocycles. The normalized spacial score (nSPS) is 13.5. The Morgan fingerprint density at radius 1 is 1.06 bits per heavy atom. The Kier molecular flexibility index (Phi) is 5.99. The van der Waals surface area contributed by atoms with E-state index in [1.165, 1.54) is 20.3 Å². The smallest absolute Gasteiger partial charge is 0.278 e. The third kappa shape index (κ3) is 4.50. The average molecular weight is 445 g/mol. The second-order valence-electron chi connectivity index (χ2n) is 7.61. The molecule has 8 nitrogen and oxygen atoms in total. The van der Waals surface area contributed by atoms with Crippen molar-refractivity contribution in [1.82, 2.24) is 4.90 Å². The van der Waals surface area contributed by atoms with Crippen molar-refractivity contribution >= 4 is 34.7 Å². The van der Waals surface area contributed by atoms with Gasteiger partial charge in [0, 0.05) is 12.6 Å². The maximum absolute atomic E-state index is 13.4. The molecule has 0 saturated heterocycles. The first-order valence-corrected chi connectivity index (χ1v) is 10.3. The molecule has 0 fully saturated rings. The van der Waals surface area contributed by atoms with Gasteiger partial charge < -0.3 is 19.8 Å². The molecular weight excluding hydrogens is 422 g/mol. The van der Waals surface area contributed by atoms with Gasteiger partial charge in [-0.2, -0.15) is 0 Å². The van der Waals surface area contributed by atoms with Gasteiger partial charge in [-0.1, -0.05) is 18.2 Å². The van der Waals surface area contributed by atoms with Crippen molar-refractivity contribution in [3.8, 4) is 5.75 Å². The topological polar surface area (TPSA) is 101 Å². The number of rotatable bonds is 7. The predicted molar refractivity (Wildman–Crippen MR) is 123 cm³/mol. The van der Waals surface area contributed by atoms with Crippen molar-refractivity contribution < 1.29 is 23.5 Å². The molecule has 2 aromatic carbocycles. The summed E-state index contributed by atoms with van der Waals surface area (Å²) < 4.78 is 10.8. The van der Waals surface area contributed by atoms with Gasteiger partial charge in [0.2, 0.25) is 5.91 Å². The van der Waals surface area contributed by atoms with E-state index in [-0.39, 0.29) is 23.7 Å². The minimum atomic E-state index is -0.471. The Morgan fingerprint density at radius 3 is 2.45 bits per heavy atom. The van der Waals surface area contributed by atoms with Crippen molar-refractivity contribution in [2.45, 2.75) is 20.4 Å². The molecule has 1 aromatic heterocycles. The molecule has 0 saturated carbocycles. The molecule has 3 aromatic rings. The number of imide groups is 1. The molecule has 0 aliphatic carbocycles. The Balaban J connectivity index is 1.76. The van der Waals surface area contributed by atoms with Crippen LogP contribution in [0, 0.1) is 6.92 Å². The van der Waals surface area contributed by atoms with E-state index in [0.717, 1.165) is 10.5 Å². The fraction of sp³-hybridized carbons (Fsp3) is 0.160. The SMILES string of the molecule is COc1ccc(C)cc1NC1=C(c2ccc(NC(C)=O)cc2)C(=O)N(Cc2ccco2)C1=O. The molecule has 0 radical (unpaired) electrons. The van der Waals surface area contributed by atoms with Crippen LogP contribution in [0.3, 0.4) is 0 Å². The van der Waals surface area contributed by atoms with Crippen LogP contribution >= 0.6 is 0 Å². The second kappa shape index (κ2) is 9.04. The number of anilines is 2. The lowest BCUT2D eigenvalue weighted by atomic mass is 10.0. The number of amides is 3. The van der Waals surface area contributed by atoms with E-state index in [4.69, 9.17) is 9.15 Å². The number of benzene rings is 2. The van der Waals surface area contributed by atoms with Crippen LogP contribution in [0.4, 0.5) is 11.4 Å². The number of furan rings is 1. The Hall–Kier alpha value is -4.33. The van der Waals surface area contributed by atoms with Gasteiger partial charge in [-0.25, -0.2) is 0 Å². The summed E-state index contributed by atoms with van der Waals surface area (Å²) in [5.74, 6) is -0.0871. The molecular formula is C25H23N3O5. The van der Waals surface area contributed by atoms with E-state index in [1.54, 1.807) is 42.5 Å². The summed E-state index contributed by atoms with van der Waals surface area (Å²) in [5.41, 5.74) is 3.03. The average Bonchev–Trinajstić information content (AvgIpc) is 3.37. The highest BCUT2D eigenvalue weighted by Crippen LogP contribution is 2.34. The third-order valence-electron chi connectivity index (χ3n) is 5.17. The second-order valence-corrected chi connectivity index (χ2v) is 7.61. The number of aryl methyl sites for hydroxylation is 1. The van der Waals surface area contributed by atoms with E-state index >= 15 is 0 Å². The van der Waals surface area contributed by atoms with Gasteiger partial charge >= 0.3 is 0 Å². The number of methoxy groups -OCH3 is 1. The van der Waals surface area contributed by atoms with Gasteiger partial charge in [-0.15, -0.1) is 0 Å². The standard InChI is InChI=1S/C25H23N3O5/c1-15-6-11-21(32-3)20(13-15)27-23-22(17-7-9-18(10-8-17)26-16(2)29)24(30)28(25(23)31)14-19-5-4-12-33-19/h4-13,27H,14H2,1-3H3,(H,26,29). The molecule has 168 valence electrons. The van der Waals surface area contributed by atoms with E-state index in [9.17, 15) is 14.4 Å². The van der Waals surface area contributed by atoms with Gasteiger partial charge in [0.05, 0.1) is 31.2 Å². The van der Waals surface area contributed by atoms with Crippen LogP contribution in [0.1, 0.15) is 23.8 Å². The maximum Gasteiger partial charge on any atom is 0.278 e. The van der Waals surface area contributed by atoms with Crippen LogP contribution < -0.4 is 15.4 Å². The highest BCUT2D eigenvalue weighted by molar-refractivity contribution is 6.36. The third-order valence-corrected chi connectivity index (χ3v) is 5.17. The first-order valence-electron chi connectivity index (χ1n) is 10.3. The van der Waals surface area contributed by atoms with E-state index in [2.05, 4.69) is 10.6 Å². The van der Waals surface area contributed by atoms with Gasteiger partial charge in [0.25, 0.3) is 11.8 Å². The summed E-state index contributed by atoms with van der Waals surface area (Å²) in [7, 11) is 1.54. The summed E-state index contributed by atoms with van der Waals surface area (Å²) in [4.78, 5) is 39.2. The fourth-order valence-electron chi connectivity index (χ4n) is 3.64. The first kappa shape index (κ1) is 21.9. The fourth-order valence-corrected chi connectivity index (χ4v) is 3.64. The molecule has 0 unspecified atom stereocenters. The quantitative estimate of drug-likeness (QED) is 0.534. The highest BCUT2D eigenvalue weighted by atomic mass is 16.5. The zero-order valence-corrected chi connectivity index (χ0v) is 18.5. The number of hydrogen-bond acceptors (Lipinski definition) is 6.